The summed E-state index contributed by atoms with van der Waals surface area (Å²) in [5, 5.41) is 3.21. The second-order valence-corrected chi connectivity index (χ2v) is 7.59. The van der Waals surface area contributed by atoms with E-state index in [1.165, 1.54) is 32.1 Å². The molecule has 1 atom stereocenters. The highest BCUT2D eigenvalue weighted by molar-refractivity contribution is 5.85. The van der Waals surface area contributed by atoms with Gasteiger partial charge in [-0.1, -0.05) is 19.3 Å². The molecule has 2 heterocycles. The maximum Gasteiger partial charge on any atom is 0.237 e. The average Bonchev–Trinajstić information content (AvgIpc) is 2.63. The summed E-state index contributed by atoms with van der Waals surface area (Å²) < 4.78 is 5.36. The van der Waals surface area contributed by atoms with Gasteiger partial charge < -0.3 is 20.7 Å². The van der Waals surface area contributed by atoms with Gasteiger partial charge in [-0.25, -0.2) is 0 Å². The second-order valence-electron chi connectivity index (χ2n) is 7.59. The van der Waals surface area contributed by atoms with E-state index in [0.717, 1.165) is 58.0 Å². The monoisotopic (exact) mass is 395 g/mol. The number of nitrogens with two attached hydrogens (primary N) is 1. The summed E-state index contributed by atoms with van der Waals surface area (Å²) >= 11 is 0. The van der Waals surface area contributed by atoms with Crippen LogP contribution >= 0.6 is 24.8 Å². The molecule has 1 aliphatic carbocycles. The summed E-state index contributed by atoms with van der Waals surface area (Å²) in [6.45, 7) is 3.74. The summed E-state index contributed by atoms with van der Waals surface area (Å²) in [5.41, 5.74) is 6.18. The molecule has 0 aromatic rings. The van der Waals surface area contributed by atoms with Crippen LogP contribution in [0.15, 0.2) is 0 Å². The van der Waals surface area contributed by atoms with Crippen molar-refractivity contribution in [3.63, 3.8) is 0 Å². The van der Waals surface area contributed by atoms with Crippen molar-refractivity contribution in [3.8, 4) is 0 Å². The second kappa shape index (κ2) is 11.6. The molecule has 0 spiro atoms. The van der Waals surface area contributed by atoms with Gasteiger partial charge in [-0.05, 0) is 44.4 Å². The molecule has 5 nitrogen and oxygen atoms in total. The van der Waals surface area contributed by atoms with Crippen molar-refractivity contribution in [2.45, 2.75) is 75.9 Å². The third kappa shape index (κ3) is 6.55. The Kier molecular flexibility index (Phi) is 10.7. The topological polar surface area (TPSA) is 67.6 Å². The molecule has 7 heteroatoms. The van der Waals surface area contributed by atoms with Gasteiger partial charge in [-0.2, -0.15) is 0 Å². The first-order valence-electron chi connectivity index (χ1n) is 9.62. The number of hydrogen-bond donors (Lipinski definition) is 2. The smallest absolute Gasteiger partial charge is 0.237 e. The number of carbonyl (C=O) groups excluding carboxylic acids is 1. The highest BCUT2D eigenvalue weighted by atomic mass is 35.5. The predicted molar refractivity (Wildman–Crippen MR) is 106 cm³/mol. The first kappa shape index (κ1) is 23.0. The number of halogens is 2. The number of likely N-dealkylation sites (tertiary alicyclic amines) is 1. The lowest BCUT2D eigenvalue weighted by Gasteiger charge is -2.39. The average molecular weight is 396 g/mol. The molecule has 3 fully saturated rings. The molecule has 2 saturated heterocycles. The van der Waals surface area contributed by atoms with Gasteiger partial charge in [-0.15, -0.1) is 24.8 Å². The van der Waals surface area contributed by atoms with Gasteiger partial charge in [0.15, 0.2) is 0 Å². The number of ether oxygens (including phenoxy) is 1. The molecular weight excluding hydrogens is 361 g/mol. The highest BCUT2D eigenvalue weighted by Gasteiger charge is 2.30. The van der Waals surface area contributed by atoms with Crippen LogP contribution in [0.4, 0.5) is 0 Å². The number of amides is 1. The van der Waals surface area contributed by atoms with E-state index in [2.05, 4.69) is 10.2 Å². The third-order valence-electron chi connectivity index (χ3n) is 6.04. The minimum Gasteiger partial charge on any atom is -0.381 e. The Labute approximate surface area is 164 Å². The number of nitrogens with zero attached hydrogens (tertiary/aromatic N) is 1. The summed E-state index contributed by atoms with van der Waals surface area (Å²) in [5.74, 6) is 0.332. The van der Waals surface area contributed by atoms with Crippen LogP contribution in [-0.2, 0) is 9.53 Å². The molecule has 0 aromatic heterocycles. The van der Waals surface area contributed by atoms with E-state index in [9.17, 15) is 4.79 Å². The van der Waals surface area contributed by atoms with E-state index in [1.54, 1.807) is 0 Å². The van der Waals surface area contributed by atoms with Crippen LogP contribution in [0.3, 0.4) is 0 Å². The first-order valence-corrected chi connectivity index (χ1v) is 9.62. The number of hydrogen-bond acceptors (Lipinski definition) is 4. The molecule has 3 N–H and O–H groups in total. The molecule has 25 heavy (non-hydrogen) atoms. The van der Waals surface area contributed by atoms with Crippen LogP contribution in [-0.4, -0.2) is 55.2 Å². The lowest BCUT2D eigenvalue weighted by Crippen LogP contribution is -2.53. The van der Waals surface area contributed by atoms with Crippen molar-refractivity contribution in [3.05, 3.63) is 0 Å². The highest BCUT2D eigenvalue weighted by Crippen LogP contribution is 2.25. The molecule has 0 radical (unpaired) electrons. The molecule has 148 valence electrons. The van der Waals surface area contributed by atoms with E-state index in [4.69, 9.17) is 10.5 Å². The zero-order valence-electron chi connectivity index (χ0n) is 15.2. The lowest BCUT2D eigenvalue weighted by atomic mass is 9.90. The quantitative estimate of drug-likeness (QED) is 0.766. The van der Waals surface area contributed by atoms with Crippen molar-refractivity contribution in [1.82, 2.24) is 10.2 Å². The van der Waals surface area contributed by atoms with Gasteiger partial charge >= 0.3 is 0 Å². The Morgan fingerprint density at radius 1 is 0.960 bits per heavy atom. The van der Waals surface area contributed by atoms with Crippen LogP contribution in [0.1, 0.15) is 57.8 Å². The molecule has 3 rings (SSSR count). The van der Waals surface area contributed by atoms with Crippen LogP contribution in [0.5, 0.6) is 0 Å². The van der Waals surface area contributed by atoms with Gasteiger partial charge in [0.05, 0.1) is 6.04 Å². The van der Waals surface area contributed by atoms with Gasteiger partial charge in [0.1, 0.15) is 0 Å². The van der Waals surface area contributed by atoms with E-state index in [-0.39, 0.29) is 42.7 Å². The first-order chi connectivity index (χ1) is 11.2. The number of rotatable bonds is 4. The normalized spacial score (nSPS) is 25.5. The fourth-order valence-electron chi connectivity index (χ4n) is 4.44. The molecule has 0 aromatic carbocycles. The van der Waals surface area contributed by atoms with E-state index < -0.39 is 0 Å². The summed E-state index contributed by atoms with van der Waals surface area (Å²) in [7, 11) is 0. The number of carbonyl (C=O) groups is 1. The van der Waals surface area contributed by atoms with Gasteiger partial charge in [0, 0.05) is 38.4 Å². The van der Waals surface area contributed by atoms with E-state index >= 15 is 0 Å². The van der Waals surface area contributed by atoms with Crippen molar-refractivity contribution in [2.24, 2.45) is 11.7 Å². The lowest BCUT2D eigenvalue weighted by molar-refractivity contribution is -0.125. The van der Waals surface area contributed by atoms with Crippen molar-refractivity contribution < 1.29 is 9.53 Å². The molecule has 1 saturated carbocycles. The van der Waals surface area contributed by atoms with Crippen molar-refractivity contribution in [2.75, 3.05) is 26.3 Å². The third-order valence-corrected chi connectivity index (χ3v) is 6.04. The molecule has 1 amide bonds. The summed E-state index contributed by atoms with van der Waals surface area (Å²) in [4.78, 5) is 15.1. The Hall–Kier alpha value is -0.0700. The molecule has 0 bridgehead atoms. The minimum absolute atomic E-state index is 0. The SMILES string of the molecule is Cl.Cl.NC(C(=O)NC1CCN(C2CCCCC2)CC1)C1CCOCC1. The maximum atomic E-state index is 12.4. The Morgan fingerprint density at radius 3 is 2.16 bits per heavy atom. The standard InChI is InChI=1S/C18H33N3O2.2ClH/c19-17(14-8-12-23-13-9-14)18(22)20-15-6-10-21(11-7-15)16-4-2-1-3-5-16;;/h14-17H,1-13,19H2,(H,20,22);2*1H. The van der Waals surface area contributed by atoms with Gasteiger partial charge in [-0.3, -0.25) is 4.79 Å². The van der Waals surface area contributed by atoms with Crippen LogP contribution in [0.25, 0.3) is 0 Å². The number of nitrogens with one attached hydrogen (secondary N) is 1. The molecule has 2 aliphatic heterocycles. The van der Waals surface area contributed by atoms with Crippen LogP contribution in [0.2, 0.25) is 0 Å². The largest absolute Gasteiger partial charge is 0.381 e. The van der Waals surface area contributed by atoms with E-state index in [0.29, 0.717) is 6.04 Å². The van der Waals surface area contributed by atoms with Gasteiger partial charge in [0.25, 0.3) is 0 Å². The zero-order valence-corrected chi connectivity index (χ0v) is 16.8. The molecule has 3 aliphatic rings. The summed E-state index contributed by atoms with van der Waals surface area (Å²) in [6, 6.07) is 0.744. The van der Waals surface area contributed by atoms with E-state index in [1.807, 2.05) is 0 Å². The Morgan fingerprint density at radius 2 is 1.56 bits per heavy atom. The maximum absolute atomic E-state index is 12.4. The minimum atomic E-state index is -0.365. The van der Waals surface area contributed by atoms with Crippen LogP contribution < -0.4 is 11.1 Å². The zero-order chi connectivity index (χ0) is 16.1. The fraction of sp³-hybridized carbons (Fsp3) is 0.944. The predicted octanol–water partition coefficient (Wildman–Crippen LogP) is 2.50. The van der Waals surface area contributed by atoms with Gasteiger partial charge in [0.2, 0.25) is 5.91 Å². The number of piperidine rings is 1. The molecule has 1 unspecified atom stereocenters. The summed E-state index contributed by atoms with van der Waals surface area (Å²) in [6.07, 6.45) is 10.9. The van der Waals surface area contributed by atoms with Crippen molar-refractivity contribution in [1.29, 1.82) is 0 Å². The van der Waals surface area contributed by atoms with Crippen LogP contribution in [0, 0.1) is 5.92 Å². The van der Waals surface area contributed by atoms with Crippen molar-refractivity contribution >= 4 is 30.7 Å². The Balaban J connectivity index is 0.00000156. The Bertz CT molecular complexity index is 381. The molecular formula is C18H35Cl2N3O2. The fourth-order valence-corrected chi connectivity index (χ4v) is 4.44.